The van der Waals surface area contributed by atoms with Gasteiger partial charge in [0.1, 0.15) is 6.33 Å². The molecule has 3 aromatic rings. The van der Waals surface area contributed by atoms with E-state index in [1.54, 1.807) is 23.1 Å². The Hall–Kier alpha value is -3.14. The number of aromatic nitrogens is 5. The summed E-state index contributed by atoms with van der Waals surface area (Å²) in [6, 6.07) is 7.19. The van der Waals surface area contributed by atoms with Crippen molar-refractivity contribution in [1.82, 2.24) is 30.1 Å². The van der Waals surface area contributed by atoms with Crippen molar-refractivity contribution < 1.29 is 9.59 Å². The number of fused-ring (bicyclic) bond motifs is 1. The van der Waals surface area contributed by atoms with Crippen LogP contribution in [-0.2, 0) is 17.8 Å². The van der Waals surface area contributed by atoms with Crippen LogP contribution in [0.1, 0.15) is 27.9 Å². The molecule has 2 aromatic heterocycles. The zero-order chi connectivity index (χ0) is 18.1. The highest BCUT2D eigenvalue weighted by molar-refractivity contribution is 7.15. The first-order valence-corrected chi connectivity index (χ1v) is 8.80. The van der Waals surface area contributed by atoms with Crippen molar-refractivity contribution in [2.45, 2.75) is 19.9 Å². The van der Waals surface area contributed by atoms with Gasteiger partial charge in [-0.1, -0.05) is 17.4 Å². The molecule has 9 nitrogen and oxygen atoms in total. The van der Waals surface area contributed by atoms with Crippen molar-refractivity contribution in [3.8, 4) is 5.69 Å². The molecule has 0 saturated carbocycles. The Morgan fingerprint density at radius 2 is 2.19 bits per heavy atom. The Morgan fingerprint density at radius 3 is 2.96 bits per heavy atom. The van der Waals surface area contributed by atoms with Crippen LogP contribution in [0.5, 0.6) is 0 Å². The minimum Gasteiger partial charge on any atom is -0.333 e. The lowest BCUT2D eigenvalue weighted by atomic mass is 10.1. The molecular formula is C16H15N7O2S. The molecule has 26 heavy (non-hydrogen) atoms. The van der Waals surface area contributed by atoms with Gasteiger partial charge in [0.2, 0.25) is 5.91 Å². The fourth-order valence-electron chi connectivity index (χ4n) is 2.82. The maximum absolute atomic E-state index is 12.9. The SMILES string of the molecule is CC(=O)Nc1nc2c(s1)CN(C(=O)c1cccc(-n3cnnn3)c1)CC2. The summed E-state index contributed by atoms with van der Waals surface area (Å²) in [5, 5.41) is 14.4. The maximum Gasteiger partial charge on any atom is 0.254 e. The van der Waals surface area contributed by atoms with Gasteiger partial charge in [-0.15, -0.1) is 5.10 Å². The van der Waals surface area contributed by atoms with Crippen LogP contribution in [0.25, 0.3) is 5.69 Å². The summed E-state index contributed by atoms with van der Waals surface area (Å²) in [5.41, 5.74) is 2.25. The summed E-state index contributed by atoms with van der Waals surface area (Å²) in [4.78, 5) is 31.3. The number of carbonyl (C=O) groups excluding carboxylic acids is 2. The third kappa shape index (κ3) is 3.18. The molecule has 0 bridgehead atoms. The molecule has 10 heteroatoms. The number of tetrazole rings is 1. The summed E-state index contributed by atoms with van der Waals surface area (Å²) < 4.78 is 1.51. The molecule has 132 valence electrons. The number of amides is 2. The molecule has 0 atom stereocenters. The first kappa shape index (κ1) is 16.3. The molecule has 0 saturated heterocycles. The van der Waals surface area contributed by atoms with E-state index in [1.807, 2.05) is 6.07 Å². The third-order valence-electron chi connectivity index (χ3n) is 4.01. The highest BCUT2D eigenvalue weighted by Gasteiger charge is 2.25. The second kappa shape index (κ2) is 6.64. The number of hydrogen-bond acceptors (Lipinski definition) is 7. The lowest BCUT2D eigenvalue weighted by molar-refractivity contribution is -0.114. The van der Waals surface area contributed by atoms with E-state index in [9.17, 15) is 9.59 Å². The zero-order valence-electron chi connectivity index (χ0n) is 13.9. The van der Waals surface area contributed by atoms with Gasteiger partial charge in [0.05, 0.1) is 17.9 Å². The monoisotopic (exact) mass is 369 g/mol. The van der Waals surface area contributed by atoms with E-state index in [0.717, 1.165) is 16.3 Å². The van der Waals surface area contributed by atoms with Gasteiger partial charge in [-0.3, -0.25) is 9.59 Å². The number of thiazole rings is 1. The Kier molecular flexibility index (Phi) is 4.17. The first-order chi connectivity index (χ1) is 12.6. The number of benzene rings is 1. The summed E-state index contributed by atoms with van der Waals surface area (Å²) >= 11 is 1.41. The van der Waals surface area contributed by atoms with Crippen LogP contribution in [-0.4, -0.2) is 48.5 Å². The smallest absolute Gasteiger partial charge is 0.254 e. The fourth-order valence-corrected chi connectivity index (χ4v) is 3.89. The van der Waals surface area contributed by atoms with Crippen LogP contribution < -0.4 is 5.32 Å². The fraction of sp³-hybridized carbons (Fsp3) is 0.250. The number of nitrogens with one attached hydrogen (secondary N) is 1. The van der Waals surface area contributed by atoms with Crippen LogP contribution in [0.4, 0.5) is 5.13 Å². The van der Waals surface area contributed by atoms with E-state index in [2.05, 4.69) is 25.8 Å². The molecule has 0 fully saturated rings. The molecule has 0 radical (unpaired) electrons. The Bertz CT molecular complexity index is 967. The summed E-state index contributed by atoms with van der Waals surface area (Å²) in [7, 11) is 0. The van der Waals surface area contributed by atoms with Crippen LogP contribution in [0.2, 0.25) is 0 Å². The summed E-state index contributed by atoms with van der Waals surface area (Å²) in [6.45, 7) is 2.53. The van der Waals surface area contributed by atoms with Crippen LogP contribution in [0, 0.1) is 0 Å². The van der Waals surface area contributed by atoms with E-state index in [1.165, 1.54) is 29.3 Å². The van der Waals surface area contributed by atoms with Gasteiger partial charge >= 0.3 is 0 Å². The van der Waals surface area contributed by atoms with Crippen molar-refractivity contribution in [1.29, 1.82) is 0 Å². The van der Waals surface area contributed by atoms with Crippen LogP contribution in [0.15, 0.2) is 30.6 Å². The predicted molar refractivity (Wildman–Crippen MR) is 94.0 cm³/mol. The van der Waals surface area contributed by atoms with Crippen molar-refractivity contribution in [3.05, 3.63) is 46.7 Å². The molecule has 1 aromatic carbocycles. The maximum atomic E-state index is 12.9. The predicted octanol–water partition coefficient (Wildman–Crippen LogP) is 1.28. The Morgan fingerprint density at radius 1 is 1.31 bits per heavy atom. The van der Waals surface area contributed by atoms with E-state index < -0.39 is 0 Å². The van der Waals surface area contributed by atoms with Gasteiger partial charge < -0.3 is 10.2 Å². The number of nitrogens with zero attached hydrogens (tertiary/aromatic N) is 6. The molecule has 1 aliphatic rings. The quantitative estimate of drug-likeness (QED) is 0.745. The molecule has 1 aliphatic heterocycles. The molecule has 2 amide bonds. The van der Waals surface area contributed by atoms with Gasteiger partial charge in [-0.25, -0.2) is 9.67 Å². The minimum atomic E-state index is -0.150. The molecule has 0 aliphatic carbocycles. The van der Waals surface area contributed by atoms with Crippen LogP contribution in [0.3, 0.4) is 0 Å². The lowest BCUT2D eigenvalue weighted by Gasteiger charge is -2.26. The average Bonchev–Trinajstić information content (AvgIpc) is 3.29. The number of anilines is 1. The Balaban J connectivity index is 1.54. The van der Waals surface area contributed by atoms with Gasteiger partial charge in [0.15, 0.2) is 5.13 Å². The highest BCUT2D eigenvalue weighted by atomic mass is 32.1. The second-order valence-corrected chi connectivity index (χ2v) is 6.94. The molecule has 3 heterocycles. The molecule has 0 unspecified atom stereocenters. The van der Waals surface area contributed by atoms with E-state index in [4.69, 9.17) is 0 Å². The molecule has 1 N–H and O–H groups in total. The standard InChI is InChI=1S/C16H15N7O2S/c1-10(24)18-16-19-13-5-6-22(8-14(13)26-16)15(25)11-3-2-4-12(7-11)23-9-17-20-21-23/h2-4,7,9H,5-6,8H2,1H3,(H,18,19,24). The first-order valence-electron chi connectivity index (χ1n) is 7.99. The topological polar surface area (TPSA) is 106 Å². The molecular weight excluding hydrogens is 354 g/mol. The number of hydrogen-bond donors (Lipinski definition) is 1. The molecule has 4 rings (SSSR count). The minimum absolute atomic E-state index is 0.0555. The Labute approximate surface area is 152 Å². The van der Waals surface area contributed by atoms with Crippen molar-refractivity contribution in [2.24, 2.45) is 0 Å². The largest absolute Gasteiger partial charge is 0.333 e. The summed E-state index contributed by atoms with van der Waals surface area (Å²) in [5.74, 6) is -0.205. The third-order valence-corrected chi connectivity index (χ3v) is 5.01. The normalized spacial score (nSPS) is 13.3. The van der Waals surface area contributed by atoms with Gasteiger partial charge in [0.25, 0.3) is 5.91 Å². The number of rotatable bonds is 3. The van der Waals surface area contributed by atoms with Crippen molar-refractivity contribution in [2.75, 3.05) is 11.9 Å². The van der Waals surface area contributed by atoms with E-state index in [-0.39, 0.29) is 11.8 Å². The summed E-state index contributed by atoms with van der Waals surface area (Å²) in [6.07, 6.45) is 2.15. The van der Waals surface area contributed by atoms with Gasteiger partial charge in [-0.05, 0) is 28.6 Å². The highest BCUT2D eigenvalue weighted by Crippen LogP contribution is 2.29. The zero-order valence-corrected chi connectivity index (χ0v) is 14.7. The van der Waals surface area contributed by atoms with Crippen molar-refractivity contribution >= 4 is 28.3 Å². The van der Waals surface area contributed by atoms with Gasteiger partial charge in [-0.2, -0.15) is 0 Å². The van der Waals surface area contributed by atoms with E-state index in [0.29, 0.717) is 30.2 Å². The van der Waals surface area contributed by atoms with Crippen molar-refractivity contribution in [3.63, 3.8) is 0 Å². The van der Waals surface area contributed by atoms with Gasteiger partial charge in [0, 0.05) is 30.3 Å². The van der Waals surface area contributed by atoms with Crippen LogP contribution >= 0.6 is 11.3 Å². The molecule has 0 spiro atoms. The second-order valence-electron chi connectivity index (χ2n) is 5.85. The lowest BCUT2D eigenvalue weighted by Crippen LogP contribution is -2.35. The number of carbonyl (C=O) groups is 2. The van der Waals surface area contributed by atoms with E-state index >= 15 is 0 Å². The average molecular weight is 369 g/mol.